The quantitative estimate of drug-likeness (QED) is 0.833. The highest BCUT2D eigenvalue weighted by Gasteiger charge is 2.13. The molecule has 0 aliphatic heterocycles. The number of hydrogen-bond acceptors (Lipinski definition) is 4. The number of rotatable bonds is 3. The standard InChI is InChI=1S/C12H13NO3S/c1-8(7-16-2)13-11(14)9-5-3-4-6-10(9)17-12(13)15/h3-6,8H,7H2,1-2H3/t8-/m1/s1. The maximum absolute atomic E-state index is 12.2. The van der Waals surface area contributed by atoms with Crippen LogP contribution in [0.25, 0.3) is 10.1 Å². The Morgan fingerprint density at radius 1 is 1.35 bits per heavy atom. The van der Waals surface area contributed by atoms with Crippen LogP contribution in [0.1, 0.15) is 13.0 Å². The van der Waals surface area contributed by atoms with Gasteiger partial charge in [0, 0.05) is 11.8 Å². The second kappa shape index (κ2) is 4.81. The molecule has 1 aromatic heterocycles. The van der Waals surface area contributed by atoms with E-state index < -0.39 is 0 Å². The van der Waals surface area contributed by atoms with Crippen molar-refractivity contribution in [2.24, 2.45) is 0 Å². The van der Waals surface area contributed by atoms with Gasteiger partial charge in [-0.3, -0.25) is 14.2 Å². The van der Waals surface area contributed by atoms with Gasteiger partial charge < -0.3 is 4.74 Å². The molecule has 90 valence electrons. The summed E-state index contributed by atoms with van der Waals surface area (Å²) < 4.78 is 6.97. The first-order chi connectivity index (χ1) is 8.15. The van der Waals surface area contributed by atoms with Crippen molar-refractivity contribution in [1.82, 2.24) is 4.57 Å². The largest absolute Gasteiger partial charge is 0.383 e. The van der Waals surface area contributed by atoms with Crippen molar-refractivity contribution in [3.63, 3.8) is 0 Å². The number of nitrogens with zero attached hydrogens (tertiary/aromatic N) is 1. The van der Waals surface area contributed by atoms with E-state index in [9.17, 15) is 9.59 Å². The van der Waals surface area contributed by atoms with Crippen LogP contribution in [0.2, 0.25) is 0 Å². The number of benzene rings is 1. The number of ether oxygens (including phenoxy) is 1. The van der Waals surface area contributed by atoms with Gasteiger partial charge in [-0.25, -0.2) is 0 Å². The molecule has 5 heteroatoms. The van der Waals surface area contributed by atoms with Gasteiger partial charge in [-0.1, -0.05) is 23.5 Å². The van der Waals surface area contributed by atoms with E-state index in [4.69, 9.17) is 4.74 Å². The molecule has 0 unspecified atom stereocenters. The lowest BCUT2D eigenvalue weighted by molar-refractivity contribution is 0.160. The minimum absolute atomic E-state index is 0.238. The van der Waals surface area contributed by atoms with Gasteiger partial charge in [0.1, 0.15) is 0 Å². The number of methoxy groups -OCH3 is 1. The van der Waals surface area contributed by atoms with Crippen LogP contribution in [0.15, 0.2) is 33.9 Å². The van der Waals surface area contributed by atoms with Crippen molar-refractivity contribution >= 4 is 21.4 Å². The fourth-order valence-corrected chi connectivity index (χ4v) is 2.75. The SMILES string of the molecule is COC[C@@H](C)n1c(=O)sc2ccccc2c1=O. The Labute approximate surface area is 102 Å². The Bertz CT molecular complexity index is 644. The van der Waals surface area contributed by atoms with E-state index in [1.54, 1.807) is 32.2 Å². The summed E-state index contributed by atoms with van der Waals surface area (Å²) in [6.45, 7) is 2.15. The van der Waals surface area contributed by atoms with Gasteiger partial charge in [0.25, 0.3) is 5.56 Å². The van der Waals surface area contributed by atoms with Crippen molar-refractivity contribution in [1.29, 1.82) is 0 Å². The van der Waals surface area contributed by atoms with E-state index >= 15 is 0 Å². The summed E-state index contributed by atoms with van der Waals surface area (Å²) in [4.78, 5) is 23.8. The van der Waals surface area contributed by atoms with Crippen LogP contribution in [0.5, 0.6) is 0 Å². The monoisotopic (exact) mass is 251 g/mol. The number of fused-ring (bicyclic) bond motifs is 1. The van der Waals surface area contributed by atoms with Crippen LogP contribution in [-0.2, 0) is 4.74 Å². The molecular weight excluding hydrogens is 238 g/mol. The lowest BCUT2D eigenvalue weighted by atomic mass is 10.2. The van der Waals surface area contributed by atoms with E-state index in [-0.39, 0.29) is 16.5 Å². The maximum atomic E-state index is 12.2. The first kappa shape index (κ1) is 12.0. The highest BCUT2D eigenvalue weighted by atomic mass is 32.1. The van der Waals surface area contributed by atoms with Crippen LogP contribution in [0.4, 0.5) is 0 Å². The van der Waals surface area contributed by atoms with Crippen molar-refractivity contribution in [2.45, 2.75) is 13.0 Å². The lowest BCUT2D eigenvalue weighted by Crippen LogP contribution is -2.35. The molecule has 0 saturated carbocycles. The summed E-state index contributed by atoms with van der Waals surface area (Å²) in [5.74, 6) is 0. The molecule has 0 spiro atoms. The Balaban J connectivity index is 2.72. The number of hydrogen-bond donors (Lipinski definition) is 0. The first-order valence-electron chi connectivity index (χ1n) is 5.28. The molecule has 0 N–H and O–H groups in total. The molecule has 1 heterocycles. The smallest absolute Gasteiger partial charge is 0.310 e. The van der Waals surface area contributed by atoms with Gasteiger partial charge in [0.15, 0.2) is 0 Å². The highest BCUT2D eigenvalue weighted by molar-refractivity contribution is 7.16. The lowest BCUT2D eigenvalue weighted by Gasteiger charge is -2.12. The fourth-order valence-electron chi connectivity index (χ4n) is 1.78. The molecule has 0 radical (unpaired) electrons. The third-order valence-electron chi connectivity index (χ3n) is 2.58. The maximum Gasteiger partial charge on any atom is 0.310 e. The molecule has 0 aliphatic carbocycles. The van der Waals surface area contributed by atoms with Crippen molar-refractivity contribution in [3.8, 4) is 0 Å². The molecule has 0 aliphatic rings. The van der Waals surface area contributed by atoms with Gasteiger partial charge in [0.2, 0.25) is 0 Å². The minimum atomic E-state index is -0.249. The zero-order chi connectivity index (χ0) is 12.4. The van der Waals surface area contributed by atoms with Crippen LogP contribution in [-0.4, -0.2) is 18.3 Å². The van der Waals surface area contributed by atoms with Crippen molar-refractivity contribution < 1.29 is 4.74 Å². The Kier molecular flexibility index (Phi) is 3.40. The van der Waals surface area contributed by atoms with E-state index in [0.29, 0.717) is 12.0 Å². The highest BCUT2D eigenvalue weighted by Crippen LogP contribution is 2.12. The average Bonchev–Trinajstić information content (AvgIpc) is 2.29. The Hall–Kier alpha value is -1.46. The molecule has 1 aromatic carbocycles. The Morgan fingerprint density at radius 3 is 2.76 bits per heavy atom. The summed E-state index contributed by atoms with van der Waals surface area (Å²) >= 11 is 1.09. The second-order valence-corrected chi connectivity index (χ2v) is 4.84. The van der Waals surface area contributed by atoms with Gasteiger partial charge >= 0.3 is 4.87 Å². The predicted molar refractivity (Wildman–Crippen MR) is 68.9 cm³/mol. The van der Waals surface area contributed by atoms with Crippen LogP contribution in [0, 0.1) is 0 Å². The summed E-state index contributed by atoms with van der Waals surface area (Å²) in [6, 6.07) is 6.89. The minimum Gasteiger partial charge on any atom is -0.383 e. The Morgan fingerprint density at radius 2 is 2.06 bits per heavy atom. The summed E-state index contributed by atoms with van der Waals surface area (Å²) in [7, 11) is 1.55. The molecule has 4 nitrogen and oxygen atoms in total. The summed E-state index contributed by atoms with van der Waals surface area (Å²) in [6.07, 6.45) is 0. The van der Waals surface area contributed by atoms with Gasteiger partial charge in [-0.15, -0.1) is 0 Å². The third kappa shape index (κ3) is 2.16. The van der Waals surface area contributed by atoms with Crippen LogP contribution >= 0.6 is 11.3 Å². The normalized spacial score (nSPS) is 12.8. The molecule has 2 rings (SSSR count). The summed E-state index contributed by atoms with van der Waals surface area (Å²) in [5, 5.41) is 0.583. The molecule has 17 heavy (non-hydrogen) atoms. The molecule has 0 amide bonds. The number of aromatic nitrogens is 1. The average molecular weight is 251 g/mol. The van der Waals surface area contributed by atoms with E-state index in [1.165, 1.54) is 4.57 Å². The molecule has 0 fully saturated rings. The van der Waals surface area contributed by atoms with E-state index in [2.05, 4.69) is 0 Å². The molecule has 1 atom stereocenters. The second-order valence-electron chi connectivity index (χ2n) is 3.84. The molecule has 2 aromatic rings. The zero-order valence-corrected chi connectivity index (χ0v) is 10.5. The molecule has 0 saturated heterocycles. The van der Waals surface area contributed by atoms with Gasteiger partial charge in [0.05, 0.1) is 18.0 Å². The molecule has 0 bridgehead atoms. The topological polar surface area (TPSA) is 48.3 Å². The van der Waals surface area contributed by atoms with E-state index in [1.807, 2.05) is 6.07 Å². The first-order valence-corrected chi connectivity index (χ1v) is 6.10. The van der Waals surface area contributed by atoms with Crippen LogP contribution < -0.4 is 10.4 Å². The van der Waals surface area contributed by atoms with Gasteiger partial charge in [-0.05, 0) is 19.1 Å². The molecular formula is C12H13NO3S. The van der Waals surface area contributed by atoms with Crippen LogP contribution in [0.3, 0.4) is 0 Å². The third-order valence-corrected chi connectivity index (χ3v) is 3.53. The van der Waals surface area contributed by atoms with Gasteiger partial charge in [-0.2, -0.15) is 0 Å². The van der Waals surface area contributed by atoms with Crippen molar-refractivity contribution in [3.05, 3.63) is 44.3 Å². The fraction of sp³-hybridized carbons (Fsp3) is 0.333. The zero-order valence-electron chi connectivity index (χ0n) is 9.67. The summed E-state index contributed by atoms with van der Waals surface area (Å²) in [5.41, 5.74) is -0.242. The van der Waals surface area contributed by atoms with E-state index in [0.717, 1.165) is 16.0 Å². The van der Waals surface area contributed by atoms with Crippen molar-refractivity contribution in [2.75, 3.05) is 13.7 Å². The predicted octanol–water partition coefficient (Wildman–Crippen LogP) is 1.63.